The molecule has 0 aliphatic heterocycles. The molecular weight excluding hydrogens is 209 g/mol. The molecule has 0 aliphatic rings. The molecule has 1 atom stereocenters. The Labute approximate surface area is 89.4 Å². The molecule has 0 saturated carbocycles. The third-order valence-corrected chi connectivity index (χ3v) is 2.09. The molecule has 74 valence electrons. The lowest BCUT2D eigenvalue weighted by molar-refractivity contribution is 0.110. The summed E-state index contributed by atoms with van der Waals surface area (Å²) >= 11 is 5.94. The number of nitrogens with two attached hydrogens (primary N) is 1. The zero-order chi connectivity index (χ0) is 8.97. The van der Waals surface area contributed by atoms with Gasteiger partial charge in [0.15, 0.2) is 0 Å². The first-order valence-electron chi connectivity index (χ1n) is 3.77. The van der Waals surface area contributed by atoms with Crippen LogP contribution in [-0.4, -0.2) is 13.7 Å². The van der Waals surface area contributed by atoms with Crippen molar-refractivity contribution in [1.82, 2.24) is 0 Å². The van der Waals surface area contributed by atoms with E-state index >= 15 is 0 Å². The van der Waals surface area contributed by atoms with Crippen LogP contribution in [0.25, 0.3) is 0 Å². The summed E-state index contributed by atoms with van der Waals surface area (Å²) in [6, 6.07) is 7.56. The summed E-state index contributed by atoms with van der Waals surface area (Å²) in [7, 11) is 1.63. The van der Waals surface area contributed by atoms with Crippen LogP contribution in [0.2, 0.25) is 5.02 Å². The van der Waals surface area contributed by atoms with Crippen molar-refractivity contribution in [3.05, 3.63) is 34.9 Å². The van der Waals surface area contributed by atoms with E-state index in [2.05, 4.69) is 0 Å². The van der Waals surface area contributed by atoms with Crippen LogP contribution < -0.4 is 5.73 Å². The van der Waals surface area contributed by atoms with Crippen LogP contribution in [0.4, 0.5) is 0 Å². The van der Waals surface area contributed by atoms with E-state index < -0.39 is 0 Å². The molecule has 13 heavy (non-hydrogen) atoms. The molecule has 1 unspecified atom stereocenters. The highest BCUT2D eigenvalue weighted by Crippen LogP contribution is 2.23. The Kier molecular flexibility index (Phi) is 6.08. The quantitative estimate of drug-likeness (QED) is 0.852. The van der Waals surface area contributed by atoms with Gasteiger partial charge in [-0.3, -0.25) is 0 Å². The van der Waals surface area contributed by atoms with Crippen molar-refractivity contribution in [2.45, 2.75) is 6.10 Å². The molecule has 4 heteroatoms. The molecule has 1 rings (SSSR count). The first-order chi connectivity index (χ1) is 5.79. The summed E-state index contributed by atoms with van der Waals surface area (Å²) in [6.07, 6.45) is -0.0984. The van der Waals surface area contributed by atoms with Crippen LogP contribution in [0.3, 0.4) is 0 Å². The van der Waals surface area contributed by atoms with Crippen LogP contribution in [0.1, 0.15) is 11.7 Å². The van der Waals surface area contributed by atoms with E-state index in [-0.39, 0.29) is 18.5 Å². The molecule has 0 aromatic heterocycles. The van der Waals surface area contributed by atoms with Crippen molar-refractivity contribution >= 4 is 24.0 Å². The molecule has 0 bridgehead atoms. The zero-order valence-electron chi connectivity index (χ0n) is 7.37. The Morgan fingerprint density at radius 2 is 2.08 bits per heavy atom. The fourth-order valence-electron chi connectivity index (χ4n) is 1.09. The molecule has 1 aromatic carbocycles. The maximum Gasteiger partial charge on any atom is 0.0957 e. The largest absolute Gasteiger partial charge is 0.375 e. The average molecular weight is 222 g/mol. The molecule has 2 nitrogen and oxygen atoms in total. The maximum atomic E-state index is 5.94. The van der Waals surface area contributed by atoms with Crippen LogP contribution in [-0.2, 0) is 4.74 Å². The standard InChI is InChI=1S/C9H12ClNO.ClH/c1-12-9(6-11)7-4-2-3-5-8(7)10;/h2-5,9H,6,11H2,1H3;1H. The normalized spacial score (nSPS) is 11.9. The van der Waals surface area contributed by atoms with Gasteiger partial charge in [0.05, 0.1) is 6.10 Å². The van der Waals surface area contributed by atoms with Crippen molar-refractivity contribution in [2.24, 2.45) is 5.73 Å². The fourth-order valence-corrected chi connectivity index (χ4v) is 1.34. The Morgan fingerprint density at radius 3 is 2.54 bits per heavy atom. The minimum absolute atomic E-state index is 0. The zero-order valence-corrected chi connectivity index (χ0v) is 8.94. The number of benzene rings is 1. The van der Waals surface area contributed by atoms with Gasteiger partial charge in [-0.25, -0.2) is 0 Å². The summed E-state index contributed by atoms with van der Waals surface area (Å²) < 4.78 is 5.16. The fraction of sp³-hybridized carbons (Fsp3) is 0.333. The molecule has 0 amide bonds. The van der Waals surface area contributed by atoms with Crippen molar-refractivity contribution in [1.29, 1.82) is 0 Å². The van der Waals surface area contributed by atoms with Crippen molar-refractivity contribution in [3.8, 4) is 0 Å². The van der Waals surface area contributed by atoms with Gasteiger partial charge in [0.25, 0.3) is 0 Å². The second-order valence-electron chi connectivity index (χ2n) is 2.48. The summed E-state index contributed by atoms with van der Waals surface area (Å²) in [5.74, 6) is 0. The SMILES string of the molecule is COC(CN)c1ccccc1Cl.Cl. The van der Waals surface area contributed by atoms with Gasteiger partial charge >= 0.3 is 0 Å². The molecule has 0 heterocycles. The maximum absolute atomic E-state index is 5.94. The molecular formula is C9H13Cl2NO. The molecule has 0 radical (unpaired) electrons. The highest BCUT2D eigenvalue weighted by molar-refractivity contribution is 6.31. The van der Waals surface area contributed by atoms with Crippen LogP contribution in [0.15, 0.2) is 24.3 Å². The molecule has 0 aliphatic carbocycles. The van der Waals surface area contributed by atoms with E-state index in [1.54, 1.807) is 7.11 Å². The minimum Gasteiger partial charge on any atom is -0.375 e. The predicted molar refractivity (Wildman–Crippen MR) is 57.5 cm³/mol. The van der Waals surface area contributed by atoms with E-state index in [9.17, 15) is 0 Å². The van der Waals surface area contributed by atoms with Crippen molar-refractivity contribution in [3.63, 3.8) is 0 Å². The second kappa shape index (κ2) is 6.22. The lowest BCUT2D eigenvalue weighted by Crippen LogP contribution is -2.14. The molecule has 0 saturated heterocycles. The molecule has 0 fully saturated rings. The van der Waals surface area contributed by atoms with E-state index in [1.807, 2.05) is 24.3 Å². The Bertz CT molecular complexity index is 251. The number of hydrogen-bond acceptors (Lipinski definition) is 2. The topological polar surface area (TPSA) is 35.2 Å². The summed E-state index contributed by atoms with van der Waals surface area (Å²) in [4.78, 5) is 0. The Balaban J connectivity index is 0.00000144. The minimum atomic E-state index is -0.0984. The van der Waals surface area contributed by atoms with E-state index in [0.717, 1.165) is 5.56 Å². The monoisotopic (exact) mass is 221 g/mol. The molecule has 0 spiro atoms. The van der Waals surface area contributed by atoms with Gasteiger partial charge in [-0.05, 0) is 6.07 Å². The Morgan fingerprint density at radius 1 is 1.46 bits per heavy atom. The highest BCUT2D eigenvalue weighted by Gasteiger charge is 2.10. The molecule has 1 aromatic rings. The number of ether oxygens (including phenoxy) is 1. The van der Waals surface area contributed by atoms with Gasteiger partial charge in [-0.2, -0.15) is 0 Å². The smallest absolute Gasteiger partial charge is 0.0957 e. The highest BCUT2D eigenvalue weighted by atomic mass is 35.5. The van der Waals surface area contributed by atoms with Crippen molar-refractivity contribution in [2.75, 3.05) is 13.7 Å². The van der Waals surface area contributed by atoms with E-state index in [0.29, 0.717) is 11.6 Å². The summed E-state index contributed by atoms with van der Waals surface area (Å²) in [5.41, 5.74) is 6.45. The van der Waals surface area contributed by atoms with Crippen LogP contribution >= 0.6 is 24.0 Å². The van der Waals surface area contributed by atoms with E-state index in [1.165, 1.54) is 0 Å². The summed E-state index contributed by atoms with van der Waals surface area (Å²) in [5, 5.41) is 0.704. The van der Waals surface area contributed by atoms with Crippen LogP contribution in [0.5, 0.6) is 0 Å². The van der Waals surface area contributed by atoms with E-state index in [4.69, 9.17) is 22.1 Å². The van der Waals surface area contributed by atoms with Gasteiger partial charge in [0.2, 0.25) is 0 Å². The number of halogens is 2. The number of rotatable bonds is 3. The number of hydrogen-bond donors (Lipinski definition) is 1. The van der Waals surface area contributed by atoms with Gasteiger partial charge in [-0.1, -0.05) is 29.8 Å². The summed E-state index contributed by atoms with van der Waals surface area (Å²) in [6.45, 7) is 0.445. The van der Waals surface area contributed by atoms with Gasteiger partial charge in [-0.15, -0.1) is 12.4 Å². The lowest BCUT2D eigenvalue weighted by Gasteiger charge is -2.14. The molecule has 2 N–H and O–H groups in total. The van der Waals surface area contributed by atoms with Crippen molar-refractivity contribution < 1.29 is 4.74 Å². The Hall–Kier alpha value is -0.280. The third kappa shape index (κ3) is 3.16. The third-order valence-electron chi connectivity index (χ3n) is 1.75. The van der Waals surface area contributed by atoms with Gasteiger partial charge < -0.3 is 10.5 Å². The number of methoxy groups -OCH3 is 1. The predicted octanol–water partition coefficient (Wildman–Crippen LogP) is 2.41. The lowest BCUT2D eigenvalue weighted by atomic mass is 10.1. The van der Waals surface area contributed by atoms with Gasteiger partial charge in [0.1, 0.15) is 0 Å². The second-order valence-corrected chi connectivity index (χ2v) is 2.89. The van der Waals surface area contributed by atoms with Crippen LogP contribution in [0, 0.1) is 0 Å². The first kappa shape index (κ1) is 12.7. The first-order valence-corrected chi connectivity index (χ1v) is 4.14. The average Bonchev–Trinajstić information content (AvgIpc) is 2.10. The van der Waals surface area contributed by atoms with Gasteiger partial charge in [0, 0.05) is 24.2 Å².